The van der Waals surface area contributed by atoms with Gasteiger partial charge in [0.25, 0.3) is 0 Å². The Hall–Kier alpha value is -2.47. The van der Waals surface area contributed by atoms with Gasteiger partial charge in [0.05, 0.1) is 0 Å². The zero-order valence-electron chi connectivity index (χ0n) is 43.6. The molecule has 0 saturated carbocycles. The van der Waals surface area contributed by atoms with E-state index < -0.39 is 0 Å². The Morgan fingerprint density at radius 1 is 0.349 bits per heavy atom. The molecule has 2 saturated heterocycles. The first-order chi connectivity index (χ1) is 29.4. The van der Waals surface area contributed by atoms with Crippen LogP contribution in [0.15, 0.2) is 65.6 Å². The Bertz CT molecular complexity index is 1880. The second-order valence-corrected chi connectivity index (χ2v) is 22.8. The van der Waals surface area contributed by atoms with Crippen LogP contribution in [0.3, 0.4) is 0 Å². The Morgan fingerprint density at radius 2 is 0.603 bits per heavy atom. The minimum absolute atomic E-state index is 0. The first kappa shape index (κ1) is 60.5. The molecular formula is C60H93IS2. The van der Waals surface area contributed by atoms with E-state index in [1.807, 2.05) is 64.1 Å². The van der Waals surface area contributed by atoms with E-state index in [-0.39, 0.29) is 28.6 Å². The van der Waals surface area contributed by atoms with Gasteiger partial charge in [-0.25, -0.2) is 0 Å². The largest absolute Gasteiger partial charge is 0.161 e. The van der Waals surface area contributed by atoms with Crippen LogP contribution in [-0.4, -0.2) is 23.0 Å². The SMILES string of the molecule is C.C1CCSC1.CC.CC.Cc1c(C)c(C)c([I-]c2c(C)c(C)c(C)c(C)c2C)c(C)c1C.Cc1c(C)c(C)c([S+]2CCCC2)c(C)c1C.Cc1ccccc1.Cc1ccccc1. The molecule has 3 heteroatoms. The Labute approximate surface area is 409 Å². The molecule has 0 bridgehead atoms. The average molecular weight is 1010 g/mol. The number of thioether (sulfide) groups is 1. The van der Waals surface area contributed by atoms with E-state index in [0.717, 1.165) is 0 Å². The van der Waals surface area contributed by atoms with Crippen molar-refractivity contribution in [3.05, 3.63) is 162 Å². The van der Waals surface area contributed by atoms with Gasteiger partial charge in [-0.2, -0.15) is 11.8 Å². The quantitative estimate of drug-likeness (QED) is 0.128. The third kappa shape index (κ3) is 17.7. The summed E-state index contributed by atoms with van der Waals surface area (Å²) in [5.41, 5.74) is 25.3. The van der Waals surface area contributed by atoms with Crippen LogP contribution in [0.1, 0.15) is 155 Å². The van der Waals surface area contributed by atoms with Crippen LogP contribution in [0.25, 0.3) is 0 Å². The molecule has 0 N–H and O–H groups in total. The first-order valence-electron chi connectivity index (χ1n) is 23.6. The van der Waals surface area contributed by atoms with Crippen molar-refractivity contribution in [3.8, 4) is 0 Å². The molecule has 0 nitrogen and oxygen atoms in total. The smallest absolute Gasteiger partial charge is 0.0622 e. The van der Waals surface area contributed by atoms with E-state index in [0.29, 0.717) is 10.9 Å². The summed E-state index contributed by atoms with van der Waals surface area (Å²) in [6.07, 6.45) is 5.80. The number of hydrogen-bond acceptors (Lipinski definition) is 1. The summed E-state index contributed by atoms with van der Waals surface area (Å²) in [6.45, 7) is 46.6. The summed E-state index contributed by atoms with van der Waals surface area (Å²) in [4.78, 5) is 1.71. The van der Waals surface area contributed by atoms with Gasteiger partial charge >= 0.3 is 153 Å². The molecule has 0 aromatic heterocycles. The fourth-order valence-corrected chi connectivity index (χ4v) is 15.3. The Balaban J connectivity index is 0.000000825. The number of aryl methyl sites for hydroxylation is 2. The van der Waals surface area contributed by atoms with Gasteiger partial charge in [-0.15, -0.1) is 0 Å². The summed E-state index contributed by atoms with van der Waals surface area (Å²) < 4.78 is 3.27. The van der Waals surface area contributed by atoms with Crippen LogP contribution in [0.2, 0.25) is 0 Å². The zero-order chi connectivity index (χ0) is 47.3. The maximum Gasteiger partial charge on any atom is 0.161 e. The minimum atomic E-state index is -0.151. The fraction of sp³-hybridized carbons (Fsp3) is 0.500. The molecule has 0 amide bonds. The maximum atomic E-state index is 2.33. The van der Waals surface area contributed by atoms with Crippen LogP contribution in [0, 0.1) is 125 Å². The molecule has 2 aliphatic heterocycles. The van der Waals surface area contributed by atoms with Crippen molar-refractivity contribution in [2.75, 3.05) is 23.0 Å². The van der Waals surface area contributed by atoms with Gasteiger partial charge in [0.15, 0.2) is 4.90 Å². The molecule has 2 aliphatic rings. The molecule has 0 spiro atoms. The molecule has 0 atom stereocenters. The van der Waals surface area contributed by atoms with Gasteiger partial charge in [0.2, 0.25) is 0 Å². The van der Waals surface area contributed by atoms with Gasteiger partial charge in [-0.3, -0.25) is 0 Å². The van der Waals surface area contributed by atoms with E-state index in [1.165, 1.54) is 132 Å². The molecule has 5 aromatic rings. The van der Waals surface area contributed by atoms with Crippen molar-refractivity contribution in [3.63, 3.8) is 0 Å². The van der Waals surface area contributed by atoms with Crippen molar-refractivity contribution < 1.29 is 21.2 Å². The van der Waals surface area contributed by atoms with Gasteiger partial charge in [-0.1, -0.05) is 107 Å². The molecule has 63 heavy (non-hydrogen) atoms. The molecule has 5 aromatic carbocycles. The van der Waals surface area contributed by atoms with Crippen molar-refractivity contribution in [2.24, 2.45) is 0 Å². The Morgan fingerprint density at radius 3 is 0.825 bits per heavy atom. The monoisotopic (exact) mass is 1000 g/mol. The van der Waals surface area contributed by atoms with Gasteiger partial charge in [0, 0.05) is 22.0 Å². The van der Waals surface area contributed by atoms with E-state index in [4.69, 9.17) is 0 Å². The topological polar surface area (TPSA) is 0 Å². The second-order valence-electron chi connectivity index (χ2n) is 16.7. The number of benzene rings is 5. The average Bonchev–Trinajstić information content (AvgIpc) is 4.07. The second kappa shape index (κ2) is 31.4. The molecular weight excluding hydrogens is 912 g/mol. The van der Waals surface area contributed by atoms with Crippen molar-refractivity contribution in [1.29, 1.82) is 0 Å². The van der Waals surface area contributed by atoms with E-state index in [9.17, 15) is 0 Å². The molecule has 2 heterocycles. The summed E-state index contributed by atoms with van der Waals surface area (Å²) >= 11 is 1.92. The third-order valence-electron chi connectivity index (χ3n) is 13.0. The standard InChI is InChI=1S/C22H30I.C15H23S.2C7H8.C4H8S.2C2H6.CH4/c1-11-13(3)17(7)21(18(8)14(11)4)23-22-19(9)15(5)12(2)16(6)20(22)10;1-10-11(2)13(4)15(14(5)12(10)3)16-8-6-7-9-16;2*1-7-5-3-2-4-6-7;1-2-4-5-3-1;2*1-2;/h1-10H3;6-9H2,1-5H3;2*2-6H,1H3;1-4H2;2*1-2H3;1H4/q-1;+1;;;;;;. The fourth-order valence-electron chi connectivity index (χ4n) is 7.62. The third-order valence-corrected chi connectivity index (χ3v) is 21.2. The molecule has 0 aliphatic carbocycles. The van der Waals surface area contributed by atoms with Crippen LogP contribution in [0.5, 0.6) is 0 Å². The van der Waals surface area contributed by atoms with Gasteiger partial charge < -0.3 is 0 Å². The van der Waals surface area contributed by atoms with Crippen molar-refractivity contribution in [2.45, 2.75) is 183 Å². The molecule has 7 rings (SSSR count). The molecule has 352 valence electrons. The maximum absolute atomic E-state index is 2.33. The van der Waals surface area contributed by atoms with E-state index in [2.05, 4.69) is 154 Å². The number of rotatable bonds is 3. The minimum Gasteiger partial charge on any atom is -0.0622 e. The van der Waals surface area contributed by atoms with Crippen LogP contribution >= 0.6 is 11.8 Å². The van der Waals surface area contributed by atoms with Crippen LogP contribution < -0.4 is 21.2 Å². The zero-order valence-corrected chi connectivity index (χ0v) is 47.4. The normalized spacial score (nSPS) is 12.5. The van der Waals surface area contributed by atoms with Gasteiger partial charge in [0.1, 0.15) is 11.5 Å². The predicted octanol–water partition coefficient (Wildman–Crippen LogP) is 15.1. The number of halogens is 1. The summed E-state index contributed by atoms with van der Waals surface area (Å²) in [5.74, 6) is 5.70. The molecule has 0 radical (unpaired) electrons. The van der Waals surface area contributed by atoms with E-state index in [1.54, 1.807) is 23.2 Å². The van der Waals surface area contributed by atoms with Crippen LogP contribution in [-0.2, 0) is 10.9 Å². The molecule has 2 fully saturated rings. The van der Waals surface area contributed by atoms with Crippen molar-refractivity contribution in [1.82, 2.24) is 0 Å². The summed E-state index contributed by atoms with van der Waals surface area (Å²) in [5, 5.41) is 0. The first-order valence-corrected chi connectivity index (χ1v) is 28.4. The number of hydrogen-bond donors (Lipinski definition) is 0. The summed E-state index contributed by atoms with van der Waals surface area (Å²) in [7, 11) is 0.557. The summed E-state index contributed by atoms with van der Waals surface area (Å²) in [6, 6.07) is 20.5. The van der Waals surface area contributed by atoms with Crippen LogP contribution in [0.4, 0.5) is 0 Å². The Kier molecular flexibility index (Phi) is 30.2. The predicted molar refractivity (Wildman–Crippen MR) is 291 cm³/mol. The van der Waals surface area contributed by atoms with E-state index >= 15 is 0 Å². The van der Waals surface area contributed by atoms with Gasteiger partial charge in [-0.05, 0) is 102 Å². The molecule has 0 unspecified atom stereocenters. The van der Waals surface area contributed by atoms with Crippen molar-refractivity contribution >= 4 is 22.7 Å².